The van der Waals surface area contributed by atoms with Gasteiger partial charge in [0.2, 0.25) is 0 Å². The van der Waals surface area contributed by atoms with Crippen molar-refractivity contribution in [2.75, 3.05) is 26.2 Å². The van der Waals surface area contributed by atoms with Crippen molar-refractivity contribution in [1.82, 2.24) is 19.6 Å². The van der Waals surface area contributed by atoms with Crippen LogP contribution in [0.15, 0.2) is 30.3 Å². The van der Waals surface area contributed by atoms with Crippen molar-refractivity contribution in [3.8, 4) is 5.69 Å². The number of carbonyl (C=O) groups is 1. The Bertz CT molecular complexity index is 1040. The van der Waals surface area contributed by atoms with Crippen molar-refractivity contribution in [3.05, 3.63) is 46.5 Å². The van der Waals surface area contributed by atoms with Gasteiger partial charge in [-0.25, -0.2) is 4.68 Å². The lowest BCUT2D eigenvalue weighted by atomic mass is 10.2. The summed E-state index contributed by atoms with van der Waals surface area (Å²) in [6.07, 6.45) is 5.39. The van der Waals surface area contributed by atoms with Gasteiger partial charge in [0.05, 0.1) is 16.3 Å². The van der Waals surface area contributed by atoms with Gasteiger partial charge in [-0.1, -0.05) is 25.0 Å². The molecule has 3 heterocycles. The predicted molar refractivity (Wildman–Crippen MR) is 118 cm³/mol. The first-order valence-electron chi connectivity index (χ1n) is 10.7. The van der Waals surface area contributed by atoms with Crippen LogP contribution >= 0.6 is 11.3 Å². The average molecular weight is 409 g/mol. The van der Waals surface area contributed by atoms with Gasteiger partial charge in [-0.2, -0.15) is 5.10 Å². The summed E-state index contributed by atoms with van der Waals surface area (Å²) in [4.78, 5) is 19.7. The fraction of sp³-hybridized carbons (Fsp3) is 0.478. The smallest absolute Gasteiger partial charge is 0.264 e. The molecule has 1 aliphatic carbocycles. The number of thiophene rings is 1. The maximum absolute atomic E-state index is 13.2. The van der Waals surface area contributed by atoms with Crippen molar-refractivity contribution >= 4 is 27.5 Å². The Hall–Kier alpha value is -2.18. The predicted octanol–water partition coefficient (Wildman–Crippen LogP) is 4.40. The molecule has 2 fully saturated rings. The molecule has 2 aromatic heterocycles. The summed E-state index contributed by atoms with van der Waals surface area (Å²) >= 11 is 1.57. The van der Waals surface area contributed by atoms with Crippen LogP contribution in [0.1, 0.15) is 46.6 Å². The SMILES string of the molecule is Cc1cccc(-n2nc(C)c3cc(C(=O)N4CCN(C5CCCC5)CC4)sc32)c1. The minimum Gasteiger partial charge on any atom is -0.335 e. The number of carbonyl (C=O) groups excluding carboxylic acids is 1. The van der Waals surface area contributed by atoms with Gasteiger partial charge < -0.3 is 4.90 Å². The molecule has 6 heteroatoms. The third-order valence-electron chi connectivity index (χ3n) is 6.44. The highest BCUT2D eigenvalue weighted by molar-refractivity contribution is 7.20. The van der Waals surface area contributed by atoms with Gasteiger partial charge in [-0.05, 0) is 50.5 Å². The highest BCUT2D eigenvalue weighted by atomic mass is 32.1. The van der Waals surface area contributed by atoms with Crippen LogP contribution in [-0.4, -0.2) is 57.7 Å². The summed E-state index contributed by atoms with van der Waals surface area (Å²) in [5.41, 5.74) is 3.23. The van der Waals surface area contributed by atoms with E-state index in [4.69, 9.17) is 5.10 Å². The molecular formula is C23H28N4OS. The number of amides is 1. The second-order valence-corrected chi connectivity index (χ2v) is 9.46. The van der Waals surface area contributed by atoms with E-state index in [0.717, 1.165) is 58.7 Å². The first-order chi connectivity index (χ1) is 14.1. The topological polar surface area (TPSA) is 41.4 Å². The molecule has 5 rings (SSSR count). The summed E-state index contributed by atoms with van der Waals surface area (Å²) in [6, 6.07) is 11.1. The molecule has 1 aromatic carbocycles. The Morgan fingerprint density at radius 3 is 2.55 bits per heavy atom. The summed E-state index contributed by atoms with van der Waals surface area (Å²) < 4.78 is 1.98. The van der Waals surface area contributed by atoms with E-state index in [-0.39, 0.29) is 5.91 Å². The number of aryl methyl sites for hydroxylation is 2. The number of aromatic nitrogens is 2. The summed E-state index contributed by atoms with van der Waals surface area (Å²) in [7, 11) is 0. The summed E-state index contributed by atoms with van der Waals surface area (Å²) in [5.74, 6) is 0.174. The third-order valence-corrected chi connectivity index (χ3v) is 7.54. The number of nitrogens with zero attached hydrogens (tertiary/aromatic N) is 4. The molecule has 5 nitrogen and oxygen atoms in total. The standard InChI is InChI=1S/C23H28N4OS/c1-16-6-5-9-19(14-16)27-23-20(17(2)24-27)15-21(29-23)22(28)26-12-10-25(11-13-26)18-7-3-4-8-18/h5-6,9,14-15,18H,3-4,7-8,10-13H2,1-2H3. The van der Waals surface area contributed by atoms with Crippen LogP contribution in [0.2, 0.25) is 0 Å². The molecule has 0 atom stereocenters. The van der Waals surface area contributed by atoms with Crippen LogP contribution in [0, 0.1) is 13.8 Å². The van der Waals surface area contributed by atoms with Crippen molar-refractivity contribution in [3.63, 3.8) is 0 Å². The Morgan fingerprint density at radius 1 is 1.07 bits per heavy atom. The highest BCUT2D eigenvalue weighted by Crippen LogP contribution is 2.32. The lowest BCUT2D eigenvalue weighted by molar-refractivity contribution is 0.0578. The van der Waals surface area contributed by atoms with Crippen molar-refractivity contribution in [1.29, 1.82) is 0 Å². The van der Waals surface area contributed by atoms with Crippen molar-refractivity contribution in [2.45, 2.75) is 45.6 Å². The van der Waals surface area contributed by atoms with Crippen LogP contribution < -0.4 is 0 Å². The molecule has 1 saturated heterocycles. The van der Waals surface area contributed by atoms with Gasteiger partial charge >= 0.3 is 0 Å². The number of piperazine rings is 1. The normalized spacial score (nSPS) is 18.8. The van der Waals surface area contributed by atoms with Gasteiger partial charge in [-0.15, -0.1) is 11.3 Å². The Morgan fingerprint density at radius 2 is 1.83 bits per heavy atom. The highest BCUT2D eigenvalue weighted by Gasteiger charge is 2.29. The summed E-state index contributed by atoms with van der Waals surface area (Å²) in [6.45, 7) is 7.82. The first kappa shape index (κ1) is 18.8. The van der Waals surface area contributed by atoms with E-state index in [0.29, 0.717) is 0 Å². The van der Waals surface area contributed by atoms with Crippen LogP contribution in [0.25, 0.3) is 15.9 Å². The maximum Gasteiger partial charge on any atom is 0.264 e. The van der Waals surface area contributed by atoms with Gasteiger partial charge in [0.25, 0.3) is 5.91 Å². The van der Waals surface area contributed by atoms with E-state index in [1.807, 2.05) is 22.6 Å². The van der Waals surface area contributed by atoms with Gasteiger partial charge in [0.15, 0.2) is 0 Å². The minimum absolute atomic E-state index is 0.174. The third kappa shape index (κ3) is 3.49. The minimum atomic E-state index is 0.174. The largest absolute Gasteiger partial charge is 0.335 e. The molecule has 152 valence electrons. The molecule has 1 aliphatic heterocycles. The zero-order valence-corrected chi connectivity index (χ0v) is 18.0. The van der Waals surface area contributed by atoms with Crippen LogP contribution in [-0.2, 0) is 0 Å². The Balaban J connectivity index is 1.37. The molecule has 29 heavy (non-hydrogen) atoms. The van der Waals surface area contributed by atoms with E-state index in [1.165, 1.54) is 31.2 Å². The lowest BCUT2D eigenvalue weighted by Gasteiger charge is -2.37. The van der Waals surface area contributed by atoms with E-state index in [9.17, 15) is 4.79 Å². The van der Waals surface area contributed by atoms with E-state index >= 15 is 0 Å². The van der Waals surface area contributed by atoms with E-state index < -0.39 is 0 Å². The van der Waals surface area contributed by atoms with Crippen molar-refractivity contribution in [2.24, 2.45) is 0 Å². The molecule has 2 aliphatic rings. The Labute approximate surface area is 175 Å². The van der Waals surface area contributed by atoms with E-state index in [1.54, 1.807) is 11.3 Å². The zero-order chi connectivity index (χ0) is 20.0. The quantitative estimate of drug-likeness (QED) is 0.645. The molecule has 1 amide bonds. The average Bonchev–Trinajstić information content (AvgIpc) is 3.46. The van der Waals surface area contributed by atoms with E-state index in [2.05, 4.69) is 36.1 Å². The van der Waals surface area contributed by atoms with Crippen molar-refractivity contribution < 1.29 is 4.79 Å². The second-order valence-electron chi connectivity index (χ2n) is 8.43. The molecule has 0 N–H and O–H groups in total. The zero-order valence-electron chi connectivity index (χ0n) is 17.2. The van der Waals surface area contributed by atoms with Crippen LogP contribution in [0.3, 0.4) is 0 Å². The molecule has 0 spiro atoms. The molecule has 3 aromatic rings. The van der Waals surface area contributed by atoms with Crippen LogP contribution in [0.5, 0.6) is 0 Å². The number of rotatable bonds is 3. The van der Waals surface area contributed by atoms with Gasteiger partial charge in [0.1, 0.15) is 4.83 Å². The fourth-order valence-electron chi connectivity index (χ4n) is 4.80. The number of fused-ring (bicyclic) bond motifs is 1. The van der Waals surface area contributed by atoms with Gasteiger partial charge in [-0.3, -0.25) is 9.69 Å². The fourth-order valence-corrected chi connectivity index (χ4v) is 5.95. The number of hydrogen-bond donors (Lipinski definition) is 0. The Kier molecular flexibility index (Phi) is 4.92. The maximum atomic E-state index is 13.2. The lowest BCUT2D eigenvalue weighted by Crippen LogP contribution is -2.51. The molecular weight excluding hydrogens is 380 g/mol. The molecule has 0 bridgehead atoms. The second kappa shape index (κ2) is 7.58. The summed E-state index contributed by atoms with van der Waals surface area (Å²) in [5, 5.41) is 5.81. The first-order valence-corrected chi connectivity index (χ1v) is 11.5. The molecule has 1 saturated carbocycles. The number of hydrogen-bond acceptors (Lipinski definition) is 4. The number of benzene rings is 1. The van der Waals surface area contributed by atoms with Crippen LogP contribution in [0.4, 0.5) is 0 Å². The van der Waals surface area contributed by atoms with Gasteiger partial charge in [0, 0.05) is 37.6 Å². The molecule has 0 radical (unpaired) electrons. The monoisotopic (exact) mass is 408 g/mol. The molecule has 0 unspecified atom stereocenters.